The van der Waals surface area contributed by atoms with E-state index in [1.807, 2.05) is 17.9 Å². The highest BCUT2D eigenvalue weighted by molar-refractivity contribution is 5.15. The van der Waals surface area contributed by atoms with Gasteiger partial charge < -0.3 is 5.32 Å². The molecule has 1 N–H and O–H groups in total. The van der Waals surface area contributed by atoms with Crippen LogP contribution in [0.5, 0.6) is 0 Å². The van der Waals surface area contributed by atoms with E-state index in [-0.39, 0.29) is 0 Å². The molecule has 0 spiro atoms. The minimum absolute atomic E-state index is 0.566. The molecule has 0 aliphatic heterocycles. The van der Waals surface area contributed by atoms with Crippen LogP contribution in [0.15, 0.2) is 6.20 Å². The number of hydrogen-bond donors (Lipinski definition) is 1. The largest absolute Gasteiger partial charge is 0.312 e. The number of hydrogen-bond acceptors (Lipinski definition) is 2. The first kappa shape index (κ1) is 10.7. The zero-order chi connectivity index (χ0) is 10.9. The molecular formula is C12H21N3. The lowest BCUT2D eigenvalue weighted by Crippen LogP contribution is -2.37. The number of aromatic nitrogens is 2. The van der Waals surface area contributed by atoms with E-state index < -0.39 is 0 Å². The molecule has 1 aliphatic rings. The van der Waals surface area contributed by atoms with Gasteiger partial charge in [-0.3, -0.25) is 4.68 Å². The maximum atomic E-state index is 4.24. The van der Waals surface area contributed by atoms with E-state index in [9.17, 15) is 0 Å². The minimum Gasteiger partial charge on any atom is -0.312 e. The van der Waals surface area contributed by atoms with Gasteiger partial charge in [-0.25, -0.2) is 0 Å². The predicted molar refractivity (Wildman–Crippen MR) is 61.6 cm³/mol. The molecule has 3 nitrogen and oxygen atoms in total. The molecule has 1 saturated carbocycles. The molecule has 0 amide bonds. The van der Waals surface area contributed by atoms with Crippen LogP contribution in [0.4, 0.5) is 0 Å². The van der Waals surface area contributed by atoms with Crippen LogP contribution >= 0.6 is 0 Å². The molecular weight excluding hydrogens is 186 g/mol. The van der Waals surface area contributed by atoms with Crippen molar-refractivity contribution in [3.8, 4) is 0 Å². The topological polar surface area (TPSA) is 29.9 Å². The lowest BCUT2D eigenvalue weighted by atomic mass is 9.70. The molecule has 0 radical (unpaired) electrons. The van der Waals surface area contributed by atoms with Crippen molar-refractivity contribution in [1.82, 2.24) is 15.1 Å². The van der Waals surface area contributed by atoms with Gasteiger partial charge in [-0.1, -0.05) is 13.3 Å². The Morgan fingerprint density at radius 2 is 2.27 bits per heavy atom. The Hall–Kier alpha value is -0.830. The van der Waals surface area contributed by atoms with Crippen LogP contribution < -0.4 is 5.32 Å². The molecule has 1 heterocycles. The van der Waals surface area contributed by atoms with Gasteiger partial charge in [0.1, 0.15) is 0 Å². The van der Waals surface area contributed by atoms with Crippen molar-refractivity contribution in [2.75, 3.05) is 6.54 Å². The molecule has 3 heteroatoms. The number of nitrogens with one attached hydrogen (secondary N) is 1. The second kappa shape index (κ2) is 3.97. The fraction of sp³-hybridized carbons (Fsp3) is 0.750. The second-order valence-corrected chi connectivity index (χ2v) is 5.15. The monoisotopic (exact) mass is 207 g/mol. The smallest absolute Gasteiger partial charge is 0.0537 e. The highest BCUT2D eigenvalue weighted by Gasteiger charge is 2.30. The molecule has 1 aliphatic carbocycles. The van der Waals surface area contributed by atoms with Crippen molar-refractivity contribution in [1.29, 1.82) is 0 Å². The summed E-state index contributed by atoms with van der Waals surface area (Å²) in [4.78, 5) is 0. The predicted octanol–water partition coefficient (Wildman–Crippen LogP) is 2.01. The first-order valence-electron chi connectivity index (χ1n) is 5.79. The van der Waals surface area contributed by atoms with Crippen molar-refractivity contribution in [2.24, 2.45) is 12.5 Å². The Morgan fingerprint density at radius 3 is 2.73 bits per heavy atom. The molecule has 1 aromatic heterocycles. The first-order chi connectivity index (χ1) is 7.11. The molecule has 0 bridgehead atoms. The molecule has 84 valence electrons. The Balaban J connectivity index is 1.81. The summed E-state index contributed by atoms with van der Waals surface area (Å²) in [6.07, 6.45) is 6.13. The zero-order valence-corrected chi connectivity index (χ0v) is 10.0. The highest BCUT2D eigenvalue weighted by Crippen LogP contribution is 2.39. The fourth-order valence-corrected chi connectivity index (χ4v) is 2.17. The van der Waals surface area contributed by atoms with E-state index in [4.69, 9.17) is 0 Å². The molecule has 0 atom stereocenters. The summed E-state index contributed by atoms with van der Waals surface area (Å²) < 4.78 is 1.93. The maximum absolute atomic E-state index is 4.24. The van der Waals surface area contributed by atoms with E-state index in [2.05, 4.69) is 24.3 Å². The number of nitrogens with zero attached hydrogens (tertiary/aromatic N) is 2. The van der Waals surface area contributed by atoms with Gasteiger partial charge in [0, 0.05) is 31.4 Å². The summed E-state index contributed by atoms with van der Waals surface area (Å²) in [6, 6.07) is 0. The van der Waals surface area contributed by atoms with E-state index >= 15 is 0 Å². The Bertz CT molecular complexity index is 337. The SMILES string of the molecule is Cc1c(CNCC2(C)CCC2)cnn1C. The van der Waals surface area contributed by atoms with Crippen LogP contribution in [-0.4, -0.2) is 16.3 Å². The third-order valence-corrected chi connectivity index (χ3v) is 3.76. The average molecular weight is 207 g/mol. The van der Waals surface area contributed by atoms with Crippen LogP contribution in [0.25, 0.3) is 0 Å². The third kappa shape index (κ3) is 2.23. The van der Waals surface area contributed by atoms with Crippen LogP contribution in [0.3, 0.4) is 0 Å². The summed E-state index contributed by atoms with van der Waals surface area (Å²) >= 11 is 0. The van der Waals surface area contributed by atoms with E-state index in [0.717, 1.165) is 13.1 Å². The minimum atomic E-state index is 0.566. The van der Waals surface area contributed by atoms with Crippen molar-refractivity contribution in [3.05, 3.63) is 17.5 Å². The van der Waals surface area contributed by atoms with E-state index in [0.29, 0.717) is 5.41 Å². The molecule has 0 saturated heterocycles. The quantitative estimate of drug-likeness (QED) is 0.818. The molecule has 0 unspecified atom stereocenters. The highest BCUT2D eigenvalue weighted by atomic mass is 15.3. The Kier molecular flexibility index (Phi) is 2.83. The summed E-state index contributed by atoms with van der Waals surface area (Å²) in [5, 5.41) is 7.79. The van der Waals surface area contributed by atoms with Crippen molar-refractivity contribution in [2.45, 2.75) is 39.7 Å². The second-order valence-electron chi connectivity index (χ2n) is 5.15. The fourth-order valence-electron chi connectivity index (χ4n) is 2.17. The van der Waals surface area contributed by atoms with Crippen LogP contribution in [-0.2, 0) is 13.6 Å². The molecule has 2 rings (SSSR count). The van der Waals surface area contributed by atoms with E-state index in [1.54, 1.807) is 0 Å². The van der Waals surface area contributed by atoms with Gasteiger partial charge in [0.05, 0.1) is 6.20 Å². The Morgan fingerprint density at radius 1 is 1.53 bits per heavy atom. The number of rotatable bonds is 4. The van der Waals surface area contributed by atoms with Gasteiger partial charge in [0.2, 0.25) is 0 Å². The van der Waals surface area contributed by atoms with Crippen molar-refractivity contribution < 1.29 is 0 Å². The van der Waals surface area contributed by atoms with Crippen LogP contribution in [0.2, 0.25) is 0 Å². The van der Waals surface area contributed by atoms with Gasteiger partial charge in [-0.15, -0.1) is 0 Å². The van der Waals surface area contributed by atoms with E-state index in [1.165, 1.54) is 30.5 Å². The summed E-state index contributed by atoms with van der Waals surface area (Å²) in [6.45, 7) is 6.59. The Labute approximate surface area is 91.9 Å². The van der Waals surface area contributed by atoms with Crippen LogP contribution in [0.1, 0.15) is 37.4 Å². The molecule has 1 fully saturated rings. The third-order valence-electron chi connectivity index (χ3n) is 3.76. The molecule has 15 heavy (non-hydrogen) atoms. The van der Waals surface area contributed by atoms with Gasteiger partial charge in [-0.2, -0.15) is 5.10 Å². The van der Waals surface area contributed by atoms with Crippen molar-refractivity contribution in [3.63, 3.8) is 0 Å². The summed E-state index contributed by atoms with van der Waals surface area (Å²) in [7, 11) is 1.99. The molecule has 0 aromatic carbocycles. The van der Waals surface area contributed by atoms with Gasteiger partial charge >= 0.3 is 0 Å². The summed E-state index contributed by atoms with van der Waals surface area (Å²) in [5.41, 5.74) is 3.15. The summed E-state index contributed by atoms with van der Waals surface area (Å²) in [5.74, 6) is 0. The van der Waals surface area contributed by atoms with Gasteiger partial charge in [0.25, 0.3) is 0 Å². The standard InChI is InChI=1S/C12H21N3/c1-10-11(8-14-15(10)3)7-13-9-12(2)5-4-6-12/h8,13H,4-7,9H2,1-3H3. The zero-order valence-electron chi connectivity index (χ0n) is 10.0. The normalized spacial score (nSPS) is 18.9. The van der Waals surface area contributed by atoms with Crippen molar-refractivity contribution >= 4 is 0 Å². The molecule has 1 aromatic rings. The average Bonchev–Trinajstić information content (AvgIpc) is 2.47. The first-order valence-corrected chi connectivity index (χ1v) is 5.79. The maximum Gasteiger partial charge on any atom is 0.0537 e. The lowest BCUT2D eigenvalue weighted by Gasteiger charge is -2.38. The van der Waals surface area contributed by atoms with Gasteiger partial charge in [0.15, 0.2) is 0 Å². The van der Waals surface area contributed by atoms with Gasteiger partial charge in [-0.05, 0) is 25.2 Å². The number of aryl methyl sites for hydroxylation is 1. The lowest BCUT2D eigenvalue weighted by molar-refractivity contribution is 0.156. The van der Waals surface area contributed by atoms with Crippen LogP contribution in [0, 0.1) is 12.3 Å².